The monoisotopic (exact) mass is 430 g/mol. The second kappa shape index (κ2) is 9.80. The fraction of sp³-hybridized carbons (Fsp3) is 0.429. The van der Waals surface area contributed by atoms with Crippen LogP contribution >= 0.6 is 11.8 Å². The first-order chi connectivity index (χ1) is 14.3. The Kier molecular flexibility index (Phi) is 7.15. The highest BCUT2D eigenvalue weighted by molar-refractivity contribution is 8.01. The van der Waals surface area contributed by atoms with Gasteiger partial charge in [0.05, 0.1) is 11.0 Å². The molecule has 8 nitrogen and oxygen atoms in total. The van der Waals surface area contributed by atoms with Gasteiger partial charge in [-0.25, -0.2) is 0 Å². The van der Waals surface area contributed by atoms with Crippen molar-refractivity contribution in [2.45, 2.75) is 38.9 Å². The van der Waals surface area contributed by atoms with Crippen LogP contribution in [0.5, 0.6) is 0 Å². The van der Waals surface area contributed by atoms with Crippen LogP contribution in [0.4, 0.5) is 11.5 Å². The minimum atomic E-state index is -0.447. The quantitative estimate of drug-likeness (QED) is 0.699. The number of carbonyl (C=O) groups excluding carboxylic acids is 3. The second-order valence-corrected chi connectivity index (χ2v) is 8.62. The van der Waals surface area contributed by atoms with Gasteiger partial charge in [-0.2, -0.15) is 0 Å². The summed E-state index contributed by atoms with van der Waals surface area (Å²) in [5.41, 5.74) is 1.97. The van der Waals surface area contributed by atoms with Crippen molar-refractivity contribution in [3.8, 4) is 0 Å². The van der Waals surface area contributed by atoms with Gasteiger partial charge in [0.15, 0.2) is 5.82 Å². The fourth-order valence-corrected chi connectivity index (χ4v) is 3.89. The molecule has 2 N–H and O–H groups in total. The molecule has 0 bridgehead atoms. The fourth-order valence-electron chi connectivity index (χ4n) is 3.21. The molecule has 2 heterocycles. The maximum atomic E-state index is 12.7. The average molecular weight is 431 g/mol. The molecule has 30 heavy (non-hydrogen) atoms. The third-order valence-electron chi connectivity index (χ3n) is 4.94. The molecular weight excluding hydrogens is 404 g/mol. The van der Waals surface area contributed by atoms with E-state index in [4.69, 9.17) is 4.52 Å². The van der Waals surface area contributed by atoms with Crippen molar-refractivity contribution in [3.63, 3.8) is 0 Å². The lowest BCUT2D eigenvalue weighted by molar-refractivity contribution is -0.115. The molecule has 1 aromatic carbocycles. The third kappa shape index (κ3) is 5.41. The van der Waals surface area contributed by atoms with Gasteiger partial charge in [0.25, 0.3) is 5.91 Å². The van der Waals surface area contributed by atoms with Crippen molar-refractivity contribution in [2.75, 3.05) is 29.5 Å². The Labute approximate surface area is 179 Å². The number of benzene rings is 1. The molecule has 1 aromatic heterocycles. The predicted octanol–water partition coefficient (Wildman–Crippen LogP) is 3.23. The van der Waals surface area contributed by atoms with Crippen LogP contribution in [0, 0.1) is 13.8 Å². The van der Waals surface area contributed by atoms with Crippen LogP contribution in [-0.2, 0) is 9.59 Å². The molecule has 9 heteroatoms. The highest BCUT2D eigenvalue weighted by Gasteiger charge is 2.22. The van der Waals surface area contributed by atoms with Gasteiger partial charge in [-0.05, 0) is 51.3 Å². The maximum Gasteiger partial charge on any atom is 0.254 e. The molecule has 1 aliphatic rings. The first-order valence-corrected chi connectivity index (χ1v) is 10.9. The molecule has 160 valence electrons. The van der Waals surface area contributed by atoms with E-state index in [1.165, 1.54) is 11.8 Å². The van der Waals surface area contributed by atoms with Gasteiger partial charge in [-0.15, -0.1) is 11.8 Å². The van der Waals surface area contributed by atoms with Crippen molar-refractivity contribution in [2.24, 2.45) is 0 Å². The Hall–Kier alpha value is -2.81. The molecule has 1 saturated heterocycles. The zero-order valence-corrected chi connectivity index (χ0v) is 18.2. The van der Waals surface area contributed by atoms with E-state index in [1.54, 1.807) is 38.1 Å². The van der Waals surface area contributed by atoms with Gasteiger partial charge in [0, 0.05) is 30.4 Å². The molecule has 0 spiro atoms. The normalized spacial score (nSPS) is 14.4. The van der Waals surface area contributed by atoms with Crippen molar-refractivity contribution in [3.05, 3.63) is 41.2 Å². The van der Waals surface area contributed by atoms with E-state index in [0.29, 0.717) is 22.8 Å². The first-order valence-electron chi connectivity index (χ1n) is 9.89. The number of nitrogens with one attached hydrogen (secondary N) is 2. The summed E-state index contributed by atoms with van der Waals surface area (Å²) >= 11 is 1.22. The number of likely N-dealkylation sites (tertiary alicyclic amines) is 1. The zero-order valence-electron chi connectivity index (χ0n) is 17.4. The van der Waals surface area contributed by atoms with Crippen LogP contribution in [0.3, 0.4) is 0 Å². The highest BCUT2D eigenvalue weighted by atomic mass is 32.2. The molecule has 0 aliphatic carbocycles. The first kappa shape index (κ1) is 21.9. The number of amides is 3. The Bertz CT molecular complexity index is 937. The van der Waals surface area contributed by atoms with Crippen LogP contribution in [0.2, 0.25) is 0 Å². The summed E-state index contributed by atoms with van der Waals surface area (Å²) in [7, 11) is 0. The largest absolute Gasteiger partial charge is 0.360 e. The lowest BCUT2D eigenvalue weighted by Crippen LogP contribution is -2.28. The van der Waals surface area contributed by atoms with E-state index in [-0.39, 0.29) is 23.5 Å². The molecule has 2 aromatic rings. The number of rotatable bonds is 7. The molecule has 0 radical (unpaired) electrons. The Balaban J connectivity index is 1.53. The Morgan fingerprint density at radius 3 is 2.60 bits per heavy atom. The van der Waals surface area contributed by atoms with Gasteiger partial charge in [-0.3, -0.25) is 14.4 Å². The SMILES string of the molecule is Cc1cc(NC(=O)C(C)SCC(=O)Nc2cccc(C(=O)N3CCCC3)c2C)no1. The molecular formula is C21H26N4O4S. The Morgan fingerprint density at radius 1 is 1.20 bits per heavy atom. The number of thioether (sulfide) groups is 1. The zero-order chi connectivity index (χ0) is 21.7. The minimum absolute atomic E-state index is 0.00357. The van der Waals surface area contributed by atoms with Crippen LogP contribution in [0.25, 0.3) is 0 Å². The summed E-state index contributed by atoms with van der Waals surface area (Å²) in [5, 5.41) is 8.78. The van der Waals surface area contributed by atoms with E-state index < -0.39 is 5.25 Å². The van der Waals surface area contributed by atoms with Gasteiger partial charge in [-0.1, -0.05) is 11.2 Å². The molecule has 1 atom stereocenters. The van der Waals surface area contributed by atoms with E-state index in [1.807, 2.05) is 11.8 Å². The van der Waals surface area contributed by atoms with Crippen molar-refractivity contribution in [1.29, 1.82) is 0 Å². The molecule has 1 unspecified atom stereocenters. The van der Waals surface area contributed by atoms with Crippen LogP contribution in [-0.4, -0.2) is 51.9 Å². The number of aromatic nitrogens is 1. The second-order valence-electron chi connectivity index (χ2n) is 7.29. The molecule has 3 rings (SSSR count). The average Bonchev–Trinajstić information content (AvgIpc) is 3.39. The lowest BCUT2D eigenvalue weighted by Gasteiger charge is -2.18. The molecule has 1 aliphatic heterocycles. The summed E-state index contributed by atoms with van der Waals surface area (Å²) in [6.45, 7) is 6.85. The summed E-state index contributed by atoms with van der Waals surface area (Å²) < 4.78 is 4.92. The summed E-state index contributed by atoms with van der Waals surface area (Å²) in [6.07, 6.45) is 2.06. The van der Waals surface area contributed by atoms with Crippen molar-refractivity contribution in [1.82, 2.24) is 10.1 Å². The van der Waals surface area contributed by atoms with Gasteiger partial charge in [0.2, 0.25) is 11.8 Å². The molecule has 0 saturated carbocycles. The van der Waals surface area contributed by atoms with Gasteiger partial charge < -0.3 is 20.1 Å². The Morgan fingerprint density at radius 2 is 1.93 bits per heavy atom. The maximum absolute atomic E-state index is 12.7. The minimum Gasteiger partial charge on any atom is -0.360 e. The van der Waals surface area contributed by atoms with Gasteiger partial charge >= 0.3 is 0 Å². The number of nitrogens with zero attached hydrogens (tertiary/aromatic N) is 2. The van der Waals surface area contributed by atoms with E-state index in [2.05, 4.69) is 15.8 Å². The van der Waals surface area contributed by atoms with Crippen LogP contribution in [0.15, 0.2) is 28.8 Å². The molecule has 3 amide bonds. The molecule has 1 fully saturated rings. The standard InChI is InChI=1S/C21H26N4O4S/c1-13-11-18(24-29-13)23-20(27)15(3)30-12-19(26)22-17-8-6-7-16(14(17)2)21(28)25-9-4-5-10-25/h6-8,11,15H,4-5,9-10,12H2,1-3H3,(H,22,26)(H,23,24,27). The van der Waals surface area contributed by atoms with E-state index in [0.717, 1.165) is 31.5 Å². The highest BCUT2D eigenvalue weighted by Crippen LogP contribution is 2.23. The number of anilines is 2. The number of hydrogen-bond acceptors (Lipinski definition) is 6. The van der Waals surface area contributed by atoms with Gasteiger partial charge in [0.1, 0.15) is 5.76 Å². The van der Waals surface area contributed by atoms with Crippen LogP contribution < -0.4 is 10.6 Å². The van der Waals surface area contributed by atoms with Crippen molar-refractivity contribution < 1.29 is 18.9 Å². The summed E-state index contributed by atoms with van der Waals surface area (Å²) in [5.74, 6) is 0.580. The van der Waals surface area contributed by atoms with Crippen molar-refractivity contribution >= 4 is 41.0 Å². The van der Waals surface area contributed by atoms with Crippen LogP contribution in [0.1, 0.15) is 41.4 Å². The number of hydrogen-bond donors (Lipinski definition) is 2. The number of aryl methyl sites for hydroxylation is 1. The third-order valence-corrected chi connectivity index (χ3v) is 6.09. The lowest BCUT2D eigenvalue weighted by atomic mass is 10.1. The predicted molar refractivity (Wildman–Crippen MR) is 117 cm³/mol. The summed E-state index contributed by atoms with van der Waals surface area (Å²) in [6, 6.07) is 6.97. The topological polar surface area (TPSA) is 105 Å². The van der Waals surface area contributed by atoms with E-state index in [9.17, 15) is 14.4 Å². The number of carbonyl (C=O) groups is 3. The smallest absolute Gasteiger partial charge is 0.254 e. The van der Waals surface area contributed by atoms with E-state index >= 15 is 0 Å². The summed E-state index contributed by atoms with van der Waals surface area (Å²) in [4.78, 5) is 39.2.